The molecular weight excluding hydrogens is 631 g/mol. The van der Waals surface area contributed by atoms with E-state index in [1.165, 1.54) is 54.9 Å². The average Bonchev–Trinajstić information content (AvgIpc) is 3.61. The third-order valence-corrected chi connectivity index (χ3v) is 10.2. The molecule has 244 valence electrons. The maximum Gasteiger partial charge on any atom is 0.159 e. The minimum Gasteiger partial charge on any atom is -0.454 e. The molecule has 0 aliphatic carbocycles. The fourth-order valence-electron chi connectivity index (χ4n) is 7.72. The van der Waals surface area contributed by atoms with Crippen LogP contribution in [0.3, 0.4) is 0 Å². The predicted octanol–water partition coefficient (Wildman–Crippen LogP) is 14.4. The summed E-state index contributed by atoms with van der Waals surface area (Å²) in [6.45, 7) is 0. The second-order valence-corrected chi connectivity index (χ2v) is 13.3. The number of anilines is 3. The molecule has 0 aliphatic heterocycles. The Balaban J connectivity index is 1.24. The normalized spacial score (nSPS) is 11.5. The summed E-state index contributed by atoms with van der Waals surface area (Å²) in [5.41, 5.74) is 11.9. The maximum atomic E-state index is 6.82. The van der Waals surface area contributed by atoms with Gasteiger partial charge in [0.25, 0.3) is 0 Å². The van der Waals surface area contributed by atoms with Gasteiger partial charge in [-0.05, 0) is 97.4 Å². The molecule has 10 rings (SSSR count). The zero-order valence-corrected chi connectivity index (χ0v) is 28.4. The molecule has 0 amide bonds. The number of nitrogens with zero attached hydrogens (tertiary/aromatic N) is 1. The van der Waals surface area contributed by atoms with E-state index < -0.39 is 0 Å². The largest absolute Gasteiger partial charge is 0.454 e. The molecule has 0 unspecified atom stereocenters. The Bertz CT molecular complexity index is 2890. The van der Waals surface area contributed by atoms with E-state index in [0.717, 1.165) is 39.0 Å². The average molecular weight is 664 g/mol. The Morgan fingerprint density at radius 1 is 0.327 bits per heavy atom. The summed E-state index contributed by atoms with van der Waals surface area (Å²) >= 11 is 0. The van der Waals surface area contributed by atoms with Crippen molar-refractivity contribution in [3.63, 3.8) is 0 Å². The molecule has 2 heteroatoms. The third-order valence-electron chi connectivity index (χ3n) is 10.2. The van der Waals surface area contributed by atoms with Crippen LogP contribution in [0.15, 0.2) is 205 Å². The van der Waals surface area contributed by atoms with Crippen LogP contribution in [0.1, 0.15) is 0 Å². The van der Waals surface area contributed by atoms with E-state index in [9.17, 15) is 0 Å². The lowest BCUT2D eigenvalue weighted by Crippen LogP contribution is -2.10. The summed E-state index contributed by atoms with van der Waals surface area (Å²) in [6, 6.07) is 71.7. The molecule has 52 heavy (non-hydrogen) atoms. The van der Waals surface area contributed by atoms with Crippen LogP contribution in [0.5, 0.6) is 0 Å². The van der Waals surface area contributed by atoms with Crippen molar-refractivity contribution in [2.24, 2.45) is 0 Å². The summed E-state index contributed by atoms with van der Waals surface area (Å²) < 4.78 is 6.82. The van der Waals surface area contributed by atoms with E-state index in [1.54, 1.807) is 0 Å². The summed E-state index contributed by atoms with van der Waals surface area (Å²) in [5.74, 6) is 0. The zero-order valence-electron chi connectivity index (χ0n) is 28.4. The Hall–Kier alpha value is -6.90. The van der Waals surface area contributed by atoms with E-state index in [4.69, 9.17) is 4.42 Å². The SMILES string of the molecule is c1ccc(-c2ccc3oc4c(N(c5ccc(-c6ccccc6)c(-c6ccccc6)c5)c5ccc6ccc7ccccc7c6c5)cccc4c3c2)cc1. The van der Waals surface area contributed by atoms with Crippen molar-refractivity contribution in [3.8, 4) is 33.4 Å². The van der Waals surface area contributed by atoms with Crippen molar-refractivity contribution in [1.82, 2.24) is 0 Å². The molecule has 0 atom stereocenters. The van der Waals surface area contributed by atoms with Gasteiger partial charge in [0.05, 0.1) is 5.69 Å². The fourth-order valence-corrected chi connectivity index (χ4v) is 7.72. The highest BCUT2D eigenvalue weighted by atomic mass is 16.3. The number of hydrogen-bond donors (Lipinski definition) is 0. The van der Waals surface area contributed by atoms with Crippen LogP contribution >= 0.6 is 0 Å². The molecule has 0 bridgehead atoms. The molecule has 1 aromatic heterocycles. The van der Waals surface area contributed by atoms with Gasteiger partial charge < -0.3 is 9.32 Å². The lowest BCUT2D eigenvalue weighted by molar-refractivity contribution is 0.669. The highest BCUT2D eigenvalue weighted by molar-refractivity contribution is 6.13. The standard InChI is InChI=1S/C50H33NO/c1-4-13-34(14-5-1)39-26-30-49-47(31-39)44-21-12-22-48(50(44)52-49)51(40-27-25-38-24-23-37-19-10-11-20-42(37)46(38)32-40)41-28-29-43(35-15-6-2-7-16-35)45(33-41)36-17-8-3-9-18-36/h1-33H. The quantitative estimate of drug-likeness (QED) is 0.165. The van der Waals surface area contributed by atoms with E-state index in [2.05, 4.69) is 205 Å². The van der Waals surface area contributed by atoms with Gasteiger partial charge in [-0.15, -0.1) is 0 Å². The topological polar surface area (TPSA) is 16.4 Å². The highest BCUT2D eigenvalue weighted by Crippen LogP contribution is 2.46. The molecule has 0 fully saturated rings. The highest BCUT2D eigenvalue weighted by Gasteiger charge is 2.22. The summed E-state index contributed by atoms with van der Waals surface area (Å²) in [6.07, 6.45) is 0. The second-order valence-electron chi connectivity index (χ2n) is 13.3. The first-order chi connectivity index (χ1) is 25.8. The van der Waals surface area contributed by atoms with E-state index in [1.807, 2.05) is 0 Å². The van der Waals surface area contributed by atoms with Crippen LogP contribution in [-0.2, 0) is 0 Å². The zero-order chi connectivity index (χ0) is 34.4. The van der Waals surface area contributed by atoms with Crippen molar-refractivity contribution in [2.45, 2.75) is 0 Å². The number of furan rings is 1. The van der Waals surface area contributed by atoms with Gasteiger partial charge in [0.15, 0.2) is 5.58 Å². The molecule has 9 aromatic carbocycles. The molecule has 10 aromatic rings. The van der Waals surface area contributed by atoms with Gasteiger partial charge in [0.2, 0.25) is 0 Å². The molecular formula is C50H33NO. The van der Waals surface area contributed by atoms with Crippen LogP contribution in [0.25, 0.3) is 76.9 Å². The minimum absolute atomic E-state index is 0.856. The monoisotopic (exact) mass is 663 g/mol. The third kappa shape index (κ3) is 5.12. The van der Waals surface area contributed by atoms with Crippen LogP contribution < -0.4 is 4.90 Å². The first kappa shape index (κ1) is 30.0. The van der Waals surface area contributed by atoms with Crippen molar-refractivity contribution in [1.29, 1.82) is 0 Å². The molecule has 0 saturated heterocycles. The van der Waals surface area contributed by atoms with Crippen molar-refractivity contribution >= 4 is 60.5 Å². The molecule has 2 nitrogen and oxygen atoms in total. The van der Waals surface area contributed by atoms with E-state index >= 15 is 0 Å². The summed E-state index contributed by atoms with van der Waals surface area (Å²) in [5, 5.41) is 7.08. The van der Waals surface area contributed by atoms with Gasteiger partial charge in [-0.25, -0.2) is 0 Å². The van der Waals surface area contributed by atoms with E-state index in [0.29, 0.717) is 0 Å². The van der Waals surface area contributed by atoms with Crippen LogP contribution in [-0.4, -0.2) is 0 Å². The molecule has 0 N–H and O–H groups in total. The van der Waals surface area contributed by atoms with Gasteiger partial charge in [-0.1, -0.05) is 158 Å². The molecule has 1 heterocycles. The number of hydrogen-bond acceptors (Lipinski definition) is 2. The Morgan fingerprint density at radius 3 is 1.69 bits per heavy atom. The van der Waals surface area contributed by atoms with Crippen molar-refractivity contribution < 1.29 is 4.42 Å². The van der Waals surface area contributed by atoms with Crippen LogP contribution in [0, 0.1) is 0 Å². The molecule has 0 radical (unpaired) electrons. The Kier molecular flexibility index (Phi) is 7.18. The molecule has 0 spiro atoms. The first-order valence-electron chi connectivity index (χ1n) is 17.8. The lowest BCUT2D eigenvalue weighted by Gasteiger charge is -2.27. The number of fused-ring (bicyclic) bond motifs is 6. The minimum atomic E-state index is 0.856. The van der Waals surface area contributed by atoms with Crippen molar-refractivity contribution in [2.75, 3.05) is 4.90 Å². The number of benzene rings is 9. The smallest absolute Gasteiger partial charge is 0.159 e. The fraction of sp³-hybridized carbons (Fsp3) is 0. The Morgan fingerprint density at radius 2 is 0.923 bits per heavy atom. The van der Waals surface area contributed by atoms with Gasteiger partial charge in [0, 0.05) is 22.1 Å². The van der Waals surface area contributed by atoms with Crippen LogP contribution in [0.4, 0.5) is 17.1 Å². The Labute approximate surface area is 302 Å². The van der Waals surface area contributed by atoms with Crippen molar-refractivity contribution in [3.05, 3.63) is 200 Å². The summed E-state index contributed by atoms with van der Waals surface area (Å²) in [7, 11) is 0. The lowest BCUT2D eigenvalue weighted by atomic mass is 9.93. The molecule has 0 saturated carbocycles. The van der Waals surface area contributed by atoms with Gasteiger partial charge >= 0.3 is 0 Å². The van der Waals surface area contributed by atoms with Gasteiger partial charge in [-0.3, -0.25) is 0 Å². The van der Waals surface area contributed by atoms with Gasteiger partial charge in [-0.2, -0.15) is 0 Å². The second kappa shape index (κ2) is 12.5. The van der Waals surface area contributed by atoms with E-state index in [-0.39, 0.29) is 0 Å². The molecule has 0 aliphatic rings. The number of para-hydroxylation sites is 1. The first-order valence-corrected chi connectivity index (χ1v) is 17.8. The summed E-state index contributed by atoms with van der Waals surface area (Å²) in [4.78, 5) is 2.37. The maximum absolute atomic E-state index is 6.82. The van der Waals surface area contributed by atoms with Gasteiger partial charge in [0.1, 0.15) is 5.58 Å². The predicted molar refractivity (Wildman–Crippen MR) is 220 cm³/mol. The van der Waals surface area contributed by atoms with Crippen LogP contribution in [0.2, 0.25) is 0 Å². The number of rotatable bonds is 6.